The molecule has 2 heterocycles. The molecule has 0 atom stereocenters. The van der Waals surface area contributed by atoms with Crippen molar-refractivity contribution in [1.29, 1.82) is 0 Å². The first-order chi connectivity index (χ1) is 14.6. The van der Waals surface area contributed by atoms with E-state index in [9.17, 15) is 0 Å². The molecule has 30 heavy (non-hydrogen) atoms. The van der Waals surface area contributed by atoms with Crippen molar-refractivity contribution >= 4 is 11.4 Å². The molecular weight excluding hydrogens is 386 g/mol. The molecule has 9 nitrogen and oxygen atoms in total. The van der Waals surface area contributed by atoms with E-state index >= 15 is 0 Å². The van der Waals surface area contributed by atoms with E-state index in [1.807, 2.05) is 39.0 Å². The Morgan fingerprint density at radius 3 is 2.27 bits per heavy atom. The number of oxime groups is 2. The van der Waals surface area contributed by atoms with E-state index in [-0.39, 0.29) is 0 Å². The number of pyridine rings is 1. The lowest BCUT2D eigenvalue weighted by atomic mass is 10.2. The molecule has 162 valence electrons. The predicted octanol–water partition coefficient (Wildman–Crippen LogP) is 3.41. The first kappa shape index (κ1) is 23.1. The average Bonchev–Trinajstić information content (AvgIpc) is 2.74. The van der Waals surface area contributed by atoms with E-state index in [1.54, 1.807) is 13.0 Å². The number of aromatic nitrogens is 3. The second kappa shape index (κ2) is 12.4. The van der Waals surface area contributed by atoms with Crippen LogP contribution in [0.3, 0.4) is 0 Å². The molecular formula is C21H29N5O4. The second-order valence-electron chi connectivity index (χ2n) is 6.22. The standard InChI is InChI=1S/C21H29N5O4/c1-6-28-19-14-20(29-7-2)24-21(23-19)16(4)26-30-13-9-11-17-10-8-12-18(22-17)15(3)25-27-5/h8,10,12,14H,6-7,9,11,13H2,1-5H3. The molecule has 2 rings (SSSR count). The maximum Gasteiger partial charge on any atom is 0.220 e. The summed E-state index contributed by atoms with van der Waals surface area (Å²) in [4.78, 5) is 23.5. The van der Waals surface area contributed by atoms with Crippen molar-refractivity contribution in [2.45, 2.75) is 40.5 Å². The topological polar surface area (TPSA) is 100 Å². The van der Waals surface area contributed by atoms with Crippen LogP contribution in [-0.2, 0) is 16.1 Å². The second-order valence-corrected chi connectivity index (χ2v) is 6.22. The summed E-state index contributed by atoms with van der Waals surface area (Å²) in [6.07, 6.45) is 1.52. The van der Waals surface area contributed by atoms with E-state index in [0.29, 0.717) is 43.1 Å². The highest BCUT2D eigenvalue weighted by molar-refractivity contribution is 5.96. The van der Waals surface area contributed by atoms with Gasteiger partial charge in [-0.2, -0.15) is 9.97 Å². The summed E-state index contributed by atoms with van der Waals surface area (Å²) < 4.78 is 10.9. The minimum absolute atomic E-state index is 0.409. The maximum absolute atomic E-state index is 5.47. The monoisotopic (exact) mass is 415 g/mol. The first-order valence-electron chi connectivity index (χ1n) is 9.93. The van der Waals surface area contributed by atoms with Crippen LogP contribution in [-0.4, -0.2) is 53.3 Å². The number of rotatable bonds is 12. The Morgan fingerprint density at radius 1 is 0.933 bits per heavy atom. The fraction of sp³-hybridized carbons (Fsp3) is 0.476. The molecule has 0 bridgehead atoms. The molecule has 0 saturated heterocycles. The molecule has 9 heteroatoms. The van der Waals surface area contributed by atoms with Crippen LogP contribution in [0.15, 0.2) is 34.6 Å². The van der Waals surface area contributed by atoms with Gasteiger partial charge in [-0.05, 0) is 52.7 Å². The smallest absolute Gasteiger partial charge is 0.220 e. The van der Waals surface area contributed by atoms with Crippen LogP contribution in [0.5, 0.6) is 11.8 Å². The van der Waals surface area contributed by atoms with Gasteiger partial charge in [0.1, 0.15) is 25.1 Å². The van der Waals surface area contributed by atoms with Gasteiger partial charge in [-0.15, -0.1) is 0 Å². The van der Waals surface area contributed by atoms with Crippen molar-refractivity contribution < 1.29 is 19.1 Å². The van der Waals surface area contributed by atoms with E-state index < -0.39 is 0 Å². The van der Waals surface area contributed by atoms with Crippen LogP contribution in [0.1, 0.15) is 51.3 Å². The summed E-state index contributed by atoms with van der Waals surface area (Å²) in [6.45, 7) is 8.86. The zero-order chi connectivity index (χ0) is 21.8. The van der Waals surface area contributed by atoms with Crippen LogP contribution in [0.25, 0.3) is 0 Å². The lowest BCUT2D eigenvalue weighted by Gasteiger charge is -2.08. The highest BCUT2D eigenvalue weighted by Crippen LogP contribution is 2.16. The SMILES string of the molecule is CCOc1cc(OCC)nc(C(C)=NOCCCc2cccc(C(C)=NOC)n2)n1. The summed E-state index contributed by atoms with van der Waals surface area (Å²) in [5.74, 6) is 1.30. The van der Waals surface area contributed by atoms with Crippen molar-refractivity contribution in [2.24, 2.45) is 10.3 Å². The Balaban J connectivity index is 1.91. The Kier molecular flexibility index (Phi) is 9.50. The van der Waals surface area contributed by atoms with Gasteiger partial charge in [0.05, 0.1) is 25.0 Å². The molecule has 0 aliphatic carbocycles. The summed E-state index contributed by atoms with van der Waals surface area (Å²) in [5, 5.41) is 8.03. The van der Waals surface area contributed by atoms with Crippen molar-refractivity contribution in [3.8, 4) is 11.8 Å². The summed E-state index contributed by atoms with van der Waals surface area (Å²) in [7, 11) is 1.52. The highest BCUT2D eigenvalue weighted by Gasteiger charge is 2.10. The maximum atomic E-state index is 5.47. The minimum atomic E-state index is 0.409. The molecule has 2 aromatic heterocycles. The van der Waals surface area contributed by atoms with Crippen molar-refractivity contribution in [1.82, 2.24) is 15.0 Å². The third-order valence-corrected chi connectivity index (χ3v) is 3.86. The molecule has 0 aliphatic rings. The molecule has 0 saturated carbocycles. The van der Waals surface area contributed by atoms with Crippen molar-refractivity contribution in [3.63, 3.8) is 0 Å². The number of aryl methyl sites for hydroxylation is 1. The van der Waals surface area contributed by atoms with Gasteiger partial charge in [0.25, 0.3) is 0 Å². The lowest BCUT2D eigenvalue weighted by Crippen LogP contribution is -2.08. The largest absolute Gasteiger partial charge is 0.478 e. The van der Waals surface area contributed by atoms with E-state index in [0.717, 1.165) is 29.9 Å². The number of nitrogens with zero attached hydrogens (tertiary/aromatic N) is 5. The van der Waals surface area contributed by atoms with Crippen LogP contribution in [0, 0.1) is 0 Å². The van der Waals surface area contributed by atoms with Crippen LogP contribution >= 0.6 is 0 Å². The zero-order valence-electron chi connectivity index (χ0n) is 18.2. The molecule has 2 aromatic rings. The molecule has 0 N–H and O–H groups in total. The van der Waals surface area contributed by atoms with Crippen molar-refractivity contribution in [3.05, 3.63) is 41.5 Å². The number of hydrogen-bond acceptors (Lipinski definition) is 9. The van der Waals surface area contributed by atoms with Crippen LogP contribution in [0.2, 0.25) is 0 Å². The first-order valence-corrected chi connectivity index (χ1v) is 9.93. The summed E-state index contributed by atoms with van der Waals surface area (Å²) >= 11 is 0. The molecule has 0 aliphatic heterocycles. The Hall–Kier alpha value is -3.23. The molecule has 0 unspecified atom stereocenters. The molecule has 0 amide bonds. The summed E-state index contributed by atoms with van der Waals surface area (Å²) in [5.41, 5.74) is 3.03. The predicted molar refractivity (Wildman–Crippen MR) is 114 cm³/mol. The number of hydrogen-bond donors (Lipinski definition) is 0. The third kappa shape index (κ3) is 7.31. The molecule has 0 radical (unpaired) electrons. The fourth-order valence-electron chi connectivity index (χ4n) is 2.51. The van der Waals surface area contributed by atoms with Crippen molar-refractivity contribution in [2.75, 3.05) is 26.9 Å². The van der Waals surface area contributed by atoms with Gasteiger partial charge in [0.2, 0.25) is 11.8 Å². The Labute approximate surface area is 177 Å². The minimum Gasteiger partial charge on any atom is -0.478 e. The quantitative estimate of drug-likeness (QED) is 0.297. The van der Waals surface area contributed by atoms with Gasteiger partial charge in [0, 0.05) is 5.69 Å². The molecule has 0 spiro atoms. The normalized spacial score (nSPS) is 11.9. The van der Waals surface area contributed by atoms with Gasteiger partial charge in [-0.1, -0.05) is 16.4 Å². The van der Waals surface area contributed by atoms with Crippen LogP contribution < -0.4 is 9.47 Å². The van der Waals surface area contributed by atoms with Crippen LogP contribution in [0.4, 0.5) is 0 Å². The van der Waals surface area contributed by atoms with Gasteiger partial charge >= 0.3 is 0 Å². The summed E-state index contributed by atoms with van der Waals surface area (Å²) in [6, 6.07) is 7.48. The van der Waals surface area contributed by atoms with Gasteiger partial charge < -0.3 is 19.1 Å². The lowest BCUT2D eigenvalue weighted by molar-refractivity contribution is 0.141. The fourth-order valence-corrected chi connectivity index (χ4v) is 2.51. The number of ether oxygens (including phenoxy) is 2. The van der Waals surface area contributed by atoms with Gasteiger partial charge in [-0.25, -0.2) is 0 Å². The molecule has 0 aromatic carbocycles. The Morgan fingerprint density at radius 2 is 1.63 bits per heavy atom. The zero-order valence-corrected chi connectivity index (χ0v) is 18.2. The van der Waals surface area contributed by atoms with E-state index in [2.05, 4.69) is 25.3 Å². The average molecular weight is 415 g/mol. The van der Waals surface area contributed by atoms with Gasteiger partial charge in [-0.3, -0.25) is 4.98 Å². The van der Waals surface area contributed by atoms with E-state index in [4.69, 9.17) is 19.1 Å². The third-order valence-electron chi connectivity index (χ3n) is 3.86. The van der Waals surface area contributed by atoms with E-state index in [1.165, 1.54) is 7.11 Å². The Bertz CT molecular complexity index is 846. The van der Waals surface area contributed by atoms with Gasteiger partial charge in [0.15, 0.2) is 5.82 Å². The highest BCUT2D eigenvalue weighted by atomic mass is 16.6. The molecule has 0 fully saturated rings.